The fourth-order valence-electron chi connectivity index (χ4n) is 3.63. The number of phenolic OH excluding ortho intramolecular Hbond substituents is 1. The van der Waals surface area contributed by atoms with Gasteiger partial charge in [0.15, 0.2) is 5.82 Å². The molecule has 1 N–H and O–H groups in total. The number of aromatic hydroxyl groups is 1. The highest BCUT2D eigenvalue weighted by molar-refractivity contribution is 14.1. The van der Waals surface area contributed by atoms with Gasteiger partial charge in [0.1, 0.15) is 11.1 Å². The number of carbonyl (C=O) groups excluding carboxylic acids is 1. The van der Waals surface area contributed by atoms with Crippen molar-refractivity contribution in [3.8, 4) is 17.1 Å². The smallest absolute Gasteiger partial charge is 0.280 e. The number of aromatic nitrogens is 2. The van der Waals surface area contributed by atoms with E-state index in [1.165, 1.54) is 21.4 Å². The highest BCUT2D eigenvalue weighted by Crippen LogP contribution is 2.38. The second-order valence-electron chi connectivity index (χ2n) is 7.07. The average Bonchev–Trinajstić information content (AvgIpc) is 3.16. The number of thioether (sulfide) groups is 1. The monoisotopic (exact) mass is 541 g/mol. The minimum Gasteiger partial charge on any atom is -0.508 e. The van der Waals surface area contributed by atoms with Crippen LogP contribution in [0, 0.1) is 3.57 Å². The van der Waals surface area contributed by atoms with Crippen LogP contribution in [0.3, 0.4) is 0 Å². The van der Waals surface area contributed by atoms with Crippen molar-refractivity contribution >= 4 is 51.2 Å². The first kappa shape index (κ1) is 20.1. The van der Waals surface area contributed by atoms with Crippen molar-refractivity contribution < 1.29 is 9.90 Å². The van der Waals surface area contributed by atoms with Crippen LogP contribution < -0.4 is 10.6 Å². The summed E-state index contributed by atoms with van der Waals surface area (Å²) in [6.07, 6.45) is 0. The zero-order valence-corrected chi connectivity index (χ0v) is 19.1. The average molecular weight is 541 g/mol. The predicted octanol–water partition coefficient (Wildman–Crippen LogP) is 4.28. The Bertz CT molecular complexity index is 1360. The molecule has 0 aliphatic carbocycles. The minimum atomic E-state index is -0.407. The fraction of sp³-hybridized carbons (Fsp3) is 0.0870. The van der Waals surface area contributed by atoms with Crippen molar-refractivity contribution in [3.63, 3.8) is 0 Å². The molecule has 1 aliphatic heterocycles. The van der Waals surface area contributed by atoms with Crippen LogP contribution in [0.4, 0.5) is 0 Å². The van der Waals surface area contributed by atoms with Crippen LogP contribution >= 0.6 is 34.4 Å². The lowest BCUT2D eigenvalue weighted by molar-refractivity contribution is -0.117. The Balaban J connectivity index is 1.79. The van der Waals surface area contributed by atoms with Gasteiger partial charge >= 0.3 is 0 Å². The molecule has 8 heteroatoms. The Labute approximate surface area is 195 Å². The number of rotatable bonds is 3. The molecule has 1 atom stereocenters. The van der Waals surface area contributed by atoms with Gasteiger partial charge in [0.05, 0.1) is 16.7 Å². The SMILES string of the molecule is O=C1CSC(c2ccc(O)cc2)N1n1c(-c2ccccc2)nc2ccc(I)cc2c1=O. The molecular weight excluding hydrogens is 525 g/mol. The topological polar surface area (TPSA) is 75.4 Å². The second-order valence-corrected chi connectivity index (χ2v) is 9.39. The highest BCUT2D eigenvalue weighted by atomic mass is 127. The van der Waals surface area contributed by atoms with Crippen LogP contribution in [0.25, 0.3) is 22.3 Å². The van der Waals surface area contributed by atoms with Crippen LogP contribution in [-0.2, 0) is 4.79 Å². The Kier molecular flexibility index (Phi) is 5.19. The number of fused-ring (bicyclic) bond motifs is 1. The van der Waals surface area contributed by atoms with Gasteiger partial charge in [0.2, 0.25) is 0 Å². The summed E-state index contributed by atoms with van der Waals surface area (Å²) in [7, 11) is 0. The quantitative estimate of drug-likeness (QED) is 0.392. The molecule has 1 aromatic heterocycles. The standard InChI is InChI=1S/C23H16IN3O3S/c24-16-8-11-19-18(12-16)22(30)27(21(25-19)14-4-2-1-3-5-14)26-20(29)13-31-23(26)15-6-9-17(28)10-7-15/h1-12,23,28H,13H2. The molecule has 1 fully saturated rings. The Morgan fingerprint density at radius 2 is 1.74 bits per heavy atom. The minimum absolute atomic E-state index is 0.147. The zero-order chi connectivity index (χ0) is 21.5. The van der Waals surface area contributed by atoms with E-state index in [1.54, 1.807) is 30.3 Å². The van der Waals surface area contributed by atoms with Crippen LogP contribution in [0.1, 0.15) is 10.9 Å². The summed E-state index contributed by atoms with van der Waals surface area (Å²) in [5.74, 6) is 0.637. The summed E-state index contributed by atoms with van der Waals surface area (Å²) >= 11 is 3.60. The molecule has 1 amide bonds. The maximum atomic E-state index is 13.7. The number of nitrogens with zero attached hydrogens (tertiary/aromatic N) is 3. The lowest BCUT2D eigenvalue weighted by atomic mass is 10.2. The predicted molar refractivity (Wildman–Crippen MR) is 131 cm³/mol. The molecule has 5 rings (SSSR count). The third-order valence-electron chi connectivity index (χ3n) is 5.08. The maximum absolute atomic E-state index is 13.7. The van der Waals surface area contributed by atoms with Crippen molar-refractivity contribution in [3.05, 3.63) is 92.3 Å². The molecule has 6 nitrogen and oxygen atoms in total. The lowest BCUT2D eigenvalue weighted by Gasteiger charge is -2.28. The number of amides is 1. The van der Waals surface area contributed by atoms with Gasteiger partial charge in [-0.3, -0.25) is 9.59 Å². The summed E-state index contributed by atoms with van der Waals surface area (Å²) in [5, 5.41) is 11.2. The molecule has 0 radical (unpaired) electrons. The number of hydrogen-bond donors (Lipinski definition) is 1. The molecule has 4 aromatic rings. The summed E-state index contributed by atoms with van der Waals surface area (Å²) in [5.41, 5.74) is 1.86. The first-order chi connectivity index (χ1) is 15.0. The van der Waals surface area contributed by atoms with E-state index in [0.717, 1.165) is 14.7 Å². The molecule has 154 valence electrons. The van der Waals surface area contributed by atoms with Crippen LogP contribution in [0.15, 0.2) is 77.6 Å². The molecule has 31 heavy (non-hydrogen) atoms. The van der Waals surface area contributed by atoms with Gasteiger partial charge in [0.25, 0.3) is 11.5 Å². The summed E-state index contributed by atoms with van der Waals surface area (Å²) in [6.45, 7) is 0. The van der Waals surface area contributed by atoms with E-state index in [-0.39, 0.29) is 23.0 Å². The molecular formula is C23H16IN3O3S. The van der Waals surface area contributed by atoms with Gasteiger partial charge in [-0.25, -0.2) is 9.99 Å². The first-order valence-corrected chi connectivity index (χ1v) is 11.7. The van der Waals surface area contributed by atoms with E-state index in [2.05, 4.69) is 22.6 Å². The highest BCUT2D eigenvalue weighted by Gasteiger charge is 2.37. The summed E-state index contributed by atoms with van der Waals surface area (Å²) < 4.78 is 2.33. The van der Waals surface area contributed by atoms with Gasteiger partial charge in [-0.15, -0.1) is 11.8 Å². The molecule has 3 aromatic carbocycles. The maximum Gasteiger partial charge on any atom is 0.280 e. The van der Waals surface area contributed by atoms with Gasteiger partial charge in [-0.2, -0.15) is 4.68 Å². The third kappa shape index (κ3) is 3.59. The molecule has 1 saturated heterocycles. The molecule has 1 unspecified atom stereocenters. The van der Waals surface area contributed by atoms with E-state index >= 15 is 0 Å². The van der Waals surface area contributed by atoms with Crippen LogP contribution in [0.5, 0.6) is 5.75 Å². The van der Waals surface area contributed by atoms with Crippen molar-refractivity contribution in [2.75, 3.05) is 10.8 Å². The number of carbonyl (C=O) groups is 1. The molecule has 0 bridgehead atoms. The Hall–Kier alpha value is -2.85. The normalized spacial score (nSPS) is 16.2. The van der Waals surface area contributed by atoms with E-state index in [9.17, 15) is 14.7 Å². The third-order valence-corrected chi connectivity index (χ3v) is 6.95. The second kappa shape index (κ2) is 8.01. The zero-order valence-electron chi connectivity index (χ0n) is 16.1. The van der Waals surface area contributed by atoms with Gasteiger partial charge in [-0.05, 0) is 58.5 Å². The lowest BCUT2D eigenvalue weighted by Crippen LogP contribution is -2.46. The van der Waals surface area contributed by atoms with Gasteiger partial charge in [0, 0.05) is 9.13 Å². The Morgan fingerprint density at radius 1 is 1.00 bits per heavy atom. The molecule has 0 spiro atoms. The molecule has 2 heterocycles. The van der Waals surface area contributed by atoms with Crippen molar-refractivity contribution in [2.45, 2.75) is 5.37 Å². The van der Waals surface area contributed by atoms with Gasteiger partial charge < -0.3 is 5.11 Å². The summed E-state index contributed by atoms with van der Waals surface area (Å²) in [6, 6.07) is 21.6. The number of hydrogen-bond acceptors (Lipinski definition) is 5. The van der Waals surface area contributed by atoms with E-state index < -0.39 is 5.37 Å². The number of phenols is 1. The fourth-order valence-corrected chi connectivity index (χ4v) is 5.26. The Morgan fingerprint density at radius 3 is 2.48 bits per heavy atom. The van der Waals surface area contributed by atoms with Crippen LogP contribution in [-0.4, -0.2) is 26.4 Å². The van der Waals surface area contributed by atoms with Crippen molar-refractivity contribution in [1.29, 1.82) is 0 Å². The van der Waals surface area contributed by atoms with Crippen molar-refractivity contribution in [1.82, 2.24) is 9.66 Å². The first-order valence-electron chi connectivity index (χ1n) is 9.53. The van der Waals surface area contributed by atoms with Gasteiger partial charge in [-0.1, -0.05) is 42.5 Å². The van der Waals surface area contributed by atoms with E-state index in [0.29, 0.717) is 16.7 Å². The number of benzene rings is 3. The van der Waals surface area contributed by atoms with Crippen LogP contribution in [0.2, 0.25) is 0 Å². The largest absolute Gasteiger partial charge is 0.508 e. The summed E-state index contributed by atoms with van der Waals surface area (Å²) in [4.78, 5) is 31.5. The van der Waals surface area contributed by atoms with E-state index in [4.69, 9.17) is 4.98 Å². The molecule has 0 saturated carbocycles. The van der Waals surface area contributed by atoms with E-state index in [1.807, 2.05) is 42.5 Å². The van der Waals surface area contributed by atoms with Crippen molar-refractivity contribution in [2.24, 2.45) is 0 Å². The number of halogens is 1. The molecule has 1 aliphatic rings.